The van der Waals surface area contributed by atoms with E-state index in [0.717, 1.165) is 15.4 Å². The van der Waals surface area contributed by atoms with Crippen LogP contribution in [0.1, 0.15) is 12.5 Å². The average Bonchev–Trinajstić information content (AvgIpc) is 2.28. The van der Waals surface area contributed by atoms with Gasteiger partial charge in [0.25, 0.3) is 0 Å². The number of aryl methyl sites for hydroxylation is 1. The highest BCUT2D eigenvalue weighted by Crippen LogP contribution is 2.27. The van der Waals surface area contributed by atoms with E-state index < -0.39 is 0 Å². The SMILES string of the molecule is CCc1ccc(-c2cc(Br)cc(Br)c2)cc1. The van der Waals surface area contributed by atoms with Crippen LogP contribution in [0.2, 0.25) is 0 Å². The van der Waals surface area contributed by atoms with E-state index in [4.69, 9.17) is 0 Å². The molecule has 0 saturated heterocycles. The van der Waals surface area contributed by atoms with Crippen LogP contribution < -0.4 is 0 Å². The van der Waals surface area contributed by atoms with Gasteiger partial charge < -0.3 is 0 Å². The van der Waals surface area contributed by atoms with E-state index in [0.29, 0.717) is 0 Å². The smallest absolute Gasteiger partial charge is 0.0192 e. The fourth-order valence-electron chi connectivity index (χ4n) is 1.65. The van der Waals surface area contributed by atoms with Crippen molar-refractivity contribution in [2.75, 3.05) is 0 Å². The Balaban J connectivity index is 2.42. The van der Waals surface area contributed by atoms with Gasteiger partial charge in [-0.3, -0.25) is 0 Å². The van der Waals surface area contributed by atoms with E-state index in [9.17, 15) is 0 Å². The molecule has 0 spiro atoms. The molecule has 0 aliphatic rings. The highest BCUT2D eigenvalue weighted by Gasteiger charge is 2.00. The first-order valence-electron chi connectivity index (χ1n) is 5.24. The van der Waals surface area contributed by atoms with Gasteiger partial charge in [0.2, 0.25) is 0 Å². The largest absolute Gasteiger partial charge is 0.0613 e. The van der Waals surface area contributed by atoms with E-state index >= 15 is 0 Å². The third kappa shape index (κ3) is 2.74. The molecule has 0 atom stereocenters. The van der Waals surface area contributed by atoms with E-state index in [2.05, 4.69) is 75.2 Å². The van der Waals surface area contributed by atoms with Crippen LogP contribution in [0.3, 0.4) is 0 Å². The first-order valence-corrected chi connectivity index (χ1v) is 6.83. The summed E-state index contributed by atoms with van der Waals surface area (Å²) in [5.41, 5.74) is 3.85. The molecular weight excluding hydrogens is 328 g/mol. The maximum Gasteiger partial charge on any atom is 0.0192 e. The van der Waals surface area contributed by atoms with Crippen LogP contribution in [0, 0.1) is 0 Å². The molecule has 0 nitrogen and oxygen atoms in total. The van der Waals surface area contributed by atoms with Crippen LogP contribution in [0.25, 0.3) is 11.1 Å². The summed E-state index contributed by atoms with van der Waals surface area (Å²) in [7, 11) is 0. The minimum Gasteiger partial charge on any atom is -0.0613 e. The summed E-state index contributed by atoms with van der Waals surface area (Å²) in [5.74, 6) is 0. The molecule has 0 heterocycles. The summed E-state index contributed by atoms with van der Waals surface area (Å²) in [6.07, 6.45) is 1.09. The second kappa shape index (κ2) is 5.15. The van der Waals surface area contributed by atoms with Gasteiger partial charge in [-0.15, -0.1) is 0 Å². The summed E-state index contributed by atoms with van der Waals surface area (Å²) < 4.78 is 2.19. The summed E-state index contributed by atoms with van der Waals surface area (Å²) >= 11 is 7.02. The molecule has 0 aliphatic carbocycles. The molecule has 2 aromatic carbocycles. The summed E-state index contributed by atoms with van der Waals surface area (Å²) in [4.78, 5) is 0. The van der Waals surface area contributed by atoms with Crippen molar-refractivity contribution < 1.29 is 0 Å². The molecule has 2 heteroatoms. The van der Waals surface area contributed by atoms with Gasteiger partial charge in [0.05, 0.1) is 0 Å². The van der Waals surface area contributed by atoms with Crippen LogP contribution in [0.4, 0.5) is 0 Å². The van der Waals surface area contributed by atoms with E-state index in [-0.39, 0.29) is 0 Å². The van der Waals surface area contributed by atoms with Gasteiger partial charge in [-0.2, -0.15) is 0 Å². The molecule has 2 rings (SSSR count). The zero-order valence-corrected chi connectivity index (χ0v) is 12.2. The normalized spacial score (nSPS) is 10.4. The number of hydrogen-bond donors (Lipinski definition) is 0. The van der Waals surface area contributed by atoms with Crippen LogP contribution in [0.5, 0.6) is 0 Å². The van der Waals surface area contributed by atoms with Gasteiger partial charge in [-0.25, -0.2) is 0 Å². The Labute approximate surface area is 113 Å². The maximum absolute atomic E-state index is 3.51. The second-order valence-electron chi connectivity index (χ2n) is 3.71. The van der Waals surface area contributed by atoms with Crippen molar-refractivity contribution in [1.82, 2.24) is 0 Å². The minimum atomic E-state index is 1.09. The molecule has 0 saturated carbocycles. The van der Waals surface area contributed by atoms with Gasteiger partial charge in [0.1, 0.15) is 0 Å². The van der Waals surface area contributed by atoms with Crippen molar-refractivity contribution in [2.45, 2.75) is 13.3 Å². The lowest BCUT2D eigenvalue weighted by Crippen LogP contribution is -1.82. The Kier molecular flexibility index (Phi) is 3.82. The molecular formula is C14H12Br2. The Bertz CT molecular complexity index is 466. The Morgan fingerprint density at radius 2 is 1.38 bits per heavy atom. The lowest BCUT2D eigenvalue weighted by molar-refractivity contribution is 1.14. The maximum atomic E-state index is 3.51. The molecule has 82 valence electrons. The molecule has 0 unspecified atom stereocenters. The zero-order chi connectivity index (χ0) is 11.5. The van der Waals surface area contributed by atoms with Gasteiger partial charge in [-0.1, -0.05) is 63.0 Å². The quantitative estimate of drug-likeness (QED) is 0.683. The highest BCUT2D eigenvalue weighted by atomic mass is 79.9. The Hall–Kier alpha value is -0.600. The number of hydrogen-bond acceptors (Lipinski definition) is 0. The predicted octanol–water partition coefficient (Wildman–Crippen LogP) is 5.44. The van der Waals surface area contributed by atoms with Crippen LogP contribution in [0.15, 0.2) is 51.4 Å². The molecule has 16 heavy (non-hydrogen) atoms. The van der Waals surface area contributed by atoms with Crippen molar-refractivity contribution in [3.63, 3.8) is 0 Å². The first kappa shape index (κ1) is 11.9. The molecule has 0 N–H and O–H groups in total. The van der Waals surface area contributed by atoms with Crippen molar-refractivity contribution in [1.29, 1.82) is 0 Å². The average molecular weight is 340 g/mol. The Morgan fingerprint density at radius 1 is 0.812 bits per heavy atom. The van der Waals surface area contributed by atoms with Crippen LogP contribution in [-0.2, 0) is 6.42 Å². The fourth-order valence-corrected chi connectivity index (χ4v) is 2.95. The standard InChI is InChI=1S/C14H12Br2/c1-2-10-3-5-11(6-4-10)12-7-13(15)9-14(16)8-12/h3-9H,2H2,1H3. The third-order valence-corrected chi connectivity index (χ3v) is 3.47. The molecule has 0 fully saturated rings. The molecule has 0 aromatic heterocycles. The lowest BCUT2D eigenvalue weighted by Gasteiger charge is -2.05. The Morgan fingerprint density at radius 3 is 1.88 bits per heavy atom. The first-order chi connectivity index (χ1) is 7.69. The van der Waals surface area contributed by atoms with Gasteiger partial charge in [-0.05, 0) is 41.3 Å². The minimum absolute atomic E-state index is 1.09. The van der Waals surface area contributed by atoms with E-state index in [1.54, 1.807) is 0 Å². The molecule has 0 amide bonds. The topological polar surface area (TPSA) is 0 Å². The molecule has 0 bridgehead atoms. The van der Waals surface area contributed by atoms with Gasteiger partial charge in [0.15, 0.2) is 0 Å². The number of halogens is 2. The fraction of sp³-hybridized carbons (Fsp3) is 0.143. The zero-order valence-electron chi connectivity index (χ0n) is 9.00. The van der Waals surface area contributed by atoms with Crippen molar-refractivity contribution >= 4 is 31.9 Å². The predicted molar refractivity (Wildman–Crippen MR) is 76.7 cm³/mol. The summed E-state index contributed by atoms with van der Waals surface area (Å²) in [6.45, 7) is 2.17. The molecule has 0 aliphatic heterocycles. The van der Waals surface area contributed by atoms with Gasteiger partial charge >= 0.3 is 0 Å². The highest BCUT2D eigenvalue weighted by molar-refractivity contribution is 9.11. The molecule has 2 aromatic rings. The van der Waals surface area contributed by atoms with Crippen molar-refractivity contribution in [3.8, 4) is 11.1 Å². The van der Waals surface area contributed by atoms with Crippen molar-refractivity contribution in [2.24, 2.45) is 0 Å². The van der Waals surface area contributed by atoms with Gasteiger partial charge in [0, 0.05) is 8.95 Å². The molecule has 0 radical (unpaired) electrons. The van der Waals surface area contributed by atoms with Crippen molar-refractivity contribution in [3.05, 3.63) is 57.0 Å². The van der Waals surface area contributed by atoms with Crippen LogP contribution >= 0.6 is 31.9 Å². The number of benzene rings is 2. The van der Waals surface area contributed by atoms with Crippen LogP contribution in [-0.4, -0.2) is 0 Å². The van der Waals surface area contributed by atoms with E-state index in [1.807, 2.05) is 6.07 Å². The second-order valence-corrected chi connectivity index (χ2v) is 5.54. The lowest BCUT2D eigenvalue weighted by atomic mass is 10.0. The third-order valence-electron chi connectivity index (χ3n) is 2.56. The summed E-state index contributed by atoms with van der Waals surface area (Å²) in [6, 6.07) is 15.0. The monoisotopic (exact) mass is 338 g/mol. The van der Waals surface area contributed by atoms with E-state index in [1.165, 1.54) is 16.7 Å². The summed E-state index contributed by atoms with van der Waals surface area (Å²) in [5, 5.41) is 0. The number of rotatable bonds is 2.